The summed E-state index contributed by atoms with van der Waals surface area (Å²) >= 11 is 0. The zero-order valence-corrected chi connectivity index (χ0v) is 16.9. The Morgan fingerprint density at radius 2 is 1.78 bits per heavy atom. The molecule has 32 heavy (non-hydrogen) atoms. The van der Waals surface area contributed by atoms with Gasteiger partial charge in [0.05, 0.1) is 17.9 Å². The van der Waals surface area contributed by atoms with Crippen molar-refractivity contribution in [2.45, 2.75) is 6.18 Å². The van der Waals surface area contributed by atoms with E-state index in [-0.39, 0.29) is 5.69 Å². The van der Waals surface area contributed by atoms with Crippen LogP contribution in [0.15, 0.2) is 60.9 Å². The number of urea groups is 1. The maximum atomic E-state index is 13.0. The number of ether oxygens (including phenoxy) is 2. The average molecular weight is 447 g/mol. The van der Waals surface area contributed by atoms with Gasteiger partial charge in [-0.25, -0.2) is 14.8 Å². The van der Waals surface area contributed by atoms with Gasteiger partial charge in [-0.05, 0) is 36.4 Å². The molecule has 1 heterocycles. The van der Waals surface area contributed by atoms with E-state index in [0.29, 0.717) is 36.3 Å². The number of amides is 2. The van der Waals surface area contributed by atoms with Crippen molar-refractivity contribution in [3.8, 4) is 11.6 Å². The van der Waals surface area contributed by atoms with Gasteiger partial charge in [0.1, 0.15) is 17.9 Å². The first-order valence-corrected chi connectivity index (χ1v) is 9.42. The van der Waals surface area contributed by atoms with Crippen LogP contribution in [0, 0.1) is 0 Å². The Kier molecular flexibility index (Phi) is 7.45. The van der Waals surface area contributed by atoms with Gasteiger partial charge in [0, 0.05) is 25.4 Å². The second kappa shape index (κ2) is 10.4. The van der Waals surface area contributed by atoms with Crippen molar-refractivity contribution in [1.82, 2.24) is 9.97 Å². The number of methoxy groups -OCH3 is 1. The quantitative estimate of drug-likeness (QED) is 0.421. The first kappa shape index (κ1) is 22.8. The number of nitrogens with zero attached hydrogens (tertiary/aromatic N) is 2. The molecule has 0 bridgehead atoms. The lowest BCUT2D eigenvalue weighted by atomic mass is 10.1. The Bertz CT molecular complexity index is 1050. The third-order valence-electron chi connectivity index (χ3n) is 4.07. The molecule has 0 saturated heterocycles. The van der Waals surface area contributed by atoms with Crippen molar-refractivity contribution < 1.29 is 27.4 Å². The molecule has 0 unspecified atom stereocenters. The van der Waals surface area contributed by atoms with Crippen molar-refractivity contribution in [2.24, 2.45) is 0 Å². The van der Waals surface area contributed by atoms with Gasteiger partial charge in [0.25, 0.3) is 0 Å². The summed E-state index contributed by atoms with van der Waals surface area (Å²) in [6, 6.07) is 11.8. The van der Waals surface area contributed by atoms with Crippen LogP contribution in [0.1, 0.15) is 5.56 Å². The van der Waals surface area contributed by atoms with Gasteiger partial charge in [0.15, 0.2) is 0 Å². The number of benzene rings is 2. The van der Waals surface area contributed by atoms with Crippen LogP contribution in [0.4, 0.5) is 35.2 Å². The summed E-state index contributed by atoms with van der Waals surface area (Å²) in [4.78, 5) is 20.2. The topological polar surface area (TPSA) is 97.4 Å². The Hall–Kier alpha value is -3.86. The van der Waals surface area contributed by atoms with Crippen molar-refractivity contribution in [2.75, 3.05) is 36.2 Å². The Balaban J connectivity index is 1.59. The van der Waals surface area contributed by atoms with E-state index in [2.05, 4.69) is 25.9 Å². The number of nitrogens with one attached hydrogen (secondary N) is 3. The number of anilines is 3. The van der Waals surface area contributed by atoms with E-state index in [9.17, 15) is 18.0 Å². The van der Waals surface area contributed by atoms with E-state index in [1.807, 2.05) is 0 Å². The van der Waals surface area contributed by atoms with Crippen molar-refractivity contribution in [1.29, 1.82) is 0 Å². The lowest BCUT2D eigenvalue weighted by molar-refractivity contribution is -0.136. The van der Waals surface area contributed by atoms with Gasteiger partial charge in [-0.15, -0.1) is 0 Å². The van der Waals surface area contributed by atoms with E-state index < -0.39 is 17.8 Å². The molecule has 0 spiro atoms. The van der Waals surface area contributed by atoms with Crippen LogP contribution in [-0.2, 0) is 10.9 Å². The summed E-state index contributed by atoms with van der Waals surface area (Å²) in [5, 5.41) is 7.75. The summed E-state index contributed by atoms with van der Waals surface area (Å²) in [5.74, 6) is 1.32. The van der Waals surface area contributed by atoms with Crippen molar-refractivity contribution >= 4 is 23.2 Å². The third-order valence-corrected chi connectivity index (χ3v) is 4.07. The Morgan fingerprint density at radius 1 is 1.03 bits per heavy atom. The van der Waals surface area contributed by atoms with Crippen LogP contribution >= 0.6 is 0 Å². The maximum Gasteiger partial charge on any atom is 0.418 e. The Morgan fingerprint density at radius 3 is 2.50 bits per heavy atom. The summed E-state index contributed by atoms with van der Waals surface area (Å²) in [5.41, 5.74) is -0.903. The molecule has 0 atom stereocenters. The van der Waals surface area contributed by atoms with Gasteiger partial charge in [-0.2, -0.15) is 13.2 Å². The molecule has 2 aromatic carbocycles. The number of carbonyl (C=O) groups excluding carboxylic acids is 1. The monoisotopic (exact) mass is 447 g/mol. The summed E-state index contributed by atoms with van der Waals surface area (Å²) in [6.45, 7) is 1.09. The van der Waals surface area contributed by atoms with E-state index in [1.54, 1.807) is 37.4 Å². The average Bonchev–Trinajstić information content (AvgIpc) is 2.75. The second-order valence-electron chi connectivity index (χ2n) is 6.41. The maximum absolute atomic E-state index is 13.0. The highest BCUT2D eigenvalue weighted by molar-refractivity contribution is 6.00. The summed E-state index contributed by atoms with van der Waals surface area (Å²) in [6.07, 6.45) is -3.23. The highest BCUT2D eigenvalue weighted by Gasteiger charge is 2.33. The van der Waals surface area contributed by atoms with Gasteiger partial charge in [0.2, 0.25) is 5.88 Å². The molecule has 3 N–H and O–H groups in total. The second-order valence-corrected chi connectivity index (χ2v) is 6.41. The number of hydrogen-bond acceptors (Lipinski definition) is 6. The smallest absolute Gasteiger partial charge is 0.418 e. The molecule has 0 saturated carbocycles. The standard InChI is InChI=1S/C21H20F3N5O3/c1-31-11-10-25-18-12-19(27-13-26-18)32-15-8-6-14(7-9-15)28-20(30)29-17-5-3-2-4-16(17)21(22,23)24/h2-9,12-13H,10-11H2,1H3,(H,25,26,27)(H2,28,29,30). The number of rotatable bonds is 8. The van der Waals surface area contributed by atoms with Crippen molar-refractivity contribution in [3.63, 3.8) is 0 Å². The molecule has 3 aromatic rings. The predicted octanol–water partition coefficient (Wildman–Crippen LogP) is 4.99. The molecular formula is C21H20F3N5O3. The third kappa shape index (κ3) is 6.57. The highest BCUT2D eigenvalue weighted by atomic mass is 19.4. The zero-order valence-electron chi connectivity index (χ0n) is 16.9. The number of alkyl halides is 3. The molecule has 0 radical (unpaired) electrons. The fraction of sp³-hybridized carbons (Fsp3) is 0.190. The molecule has 1 aromatic heterocycles. The van der Waals surface area contributed by atoms with E-state index >= 15 is 0 Å². The van der Waals surface area contributed by atoms with Crippen LogP contribution in [0.25, 0.3) is 0 Å². The van der Waals surface area contributed by atoms with Crippen LogP contribution in [0.3, 0.4) is 0 Å². The highest BCUT2D eigenvalue weighted by Crippen LogP contribution is 2.34. The number of hydrogen-bond donors (Lipinski definition) is 3. The zero-order chi connectivity index (χ0) is 23.0. The van der Waals surface area contributed by atoms with Gasteiger partial charge >= 0.3 is 12.2 Å². The molecule has 2 amide bonds. The molecule has 0 aliphatic carbocycles. The molecule has 0 fully saturated rings. The minimum atomic E-state index is -4.58. The first-order chi connectivity index (χ1) is 15.3. The fourth-order valence-electron chi connectivity index (χ4n) is 2.62. The summed E-state index contributed by atoms with van der Waals surface area (Å²) < 4.78 is 49.8. The van der Waals surface area contributed by atoms with Gasteiger partial charge in [-0.1, -0.05) is 12.1 Å². The van der Waals surface area contributed by atoms with Crippen molar-refractivity contribution in [3.05, 3.63) is 66.5 Å². The normalized spacial score (nSPS) is 11.0. The lowest BCUT2D eigenvalue weighted by Gasteiger charge is -2.14. The van der Waals surface area contributed by atoms with Gasteiger partial charge < -0.3 is 25.4 Å². The minimum absolute atomic E-state index is 0.308. The Labute approximate surface area is 181 Å². The number of halogens is 3. The number of carbonyl (C=O) groups is 1. The molecule has 0 aliphatic rings. The van der Waals surface area contributed by atoms with Crippen LogP contribution < -0.4 is 20.7 Å². The number of para-hydroxylation sites is 1. The molecular weight excluding hydrogens is 427 g/mol. The molecule has 8 nitrogen and oxygen atoms in total. The molecule has 3 rings (SSSR count). The fourth-order valence-corrected chi connectivity index (χ4v) is 2.62. The first-order valence-electron chi connectivity index (χ1n) is 9.42. The van der Waals surface area contributed by atoms with Crippen LogP contribution in [0.5, 0.6) is 11.6 Å². The van der Waals surface area contributed by atoms with Crippen LogP contribution in [0.2, 0.25) is 0 Å². The van der Waals surface area contributed by atoms with E-state index in [4.69, 9.17) is 9.47 Å². The molecule has 168 valence electrons. The SMILES string of the molecule is COCCNc1cc(Oc2ccc(NC(=O)Nc3ccccc3C(F)(F)F)cc2)ncn1. The predicted molar refractivity (Wildman–Crippen MR) is 113 cm³/mol. The molecule has 0 aliphatic heterocycles. The van der Waals surface area contributed by atoms with E-state index in [0.717, 1.165) is 6.07 Å². The largest absolute Gasteiger partial charge is 0.439 e. The number of aromatic nitrogens is 2. The van der Waals surface area contributed by atoms with Gasteiger partial charge in [-0.3, -0.25) is 0 Å². The molecule has 11 heteroatoms. The summed E-state index contributed by atoms with van der Waals surface area (Å²) in [7, 11) is 1.60. The van der Waals surface area contributed by atoms with Crippen LogP contribution in [-0.4, -0.2) is 36.3 Å². The van der Waals surface area contributed by atoms with E-state index in [1.165, 1.54) is 24.5 Å². The minimum Gasteiger partial charge on any atom is -0.439 e. The lowest BCUT2D eigenvalue weighted by Crippen LogP contribution is -2.21.